The molecule has 1 aliphatic carbocycles. The molecular weight excluding hydrogens is 305 g/mol. The Kier molecular flexibility index (Phi) is 4.63. The van der Waals surface area contributed by atoms with Crippen LogP contribution in [0.3, 0.4) is 0 Å². The normalized spacial score (nSPS) is 16.1. The molecule has 2 aromatic rings. The first kappa shape index (κ1) is 15.0. The third-order valence-electron chi connectivity index (χ3n) is 3.84. The predicted octanol–water partition coefficient (Wildman–Crippen LogP) is 5.66. The van der Waals surface area contributed by atoms with Crippen LogP contribution >= 0.6 is 22.9 Å². The van der Waals surface area contributed by atoms with Gasteiger partial charge in [0, 0.05) is 21.4 Å². The topological polar surface area (TPSA) is 12.0 Å². The van der Waals surface area contributed by atoms with Gasteiger partial charge in [0.25, 0.3) is 0 Å². The number of hydrogen-bond donors (Lipinski definition) is 1. The number of thiophene rings is 1. The van der Waals surface area contributed by atoms with Crippen molar-refractivity contribution in [2.75, 3.05) is 6.54 Å². The summed E-state index contributed by atoms with van der Waals surface area (Å²) < 4.78 is 13.2. The van der Waals surface area contributed by atoms with Crippen LogP contribution in [0.2, 0.25) is 5.02 Å². The third-order valence-corrected chi connectivity index (χ3v) is 5.35. The Morgan fingerprint density at radius 2 is 2.14 bits per heavy atom. The zero-order valence-corrected chi connectivity index (χ0v) is 13.6. The number of halogens is 2. The fraction of sp³-hybridized carbons (Fsp3) is 0.412. The molecule has 1 aromatic carbocycles. The van der Waals surface area contributed by atoms with Gasteiger partial charge in [0.1, 0.15) is 5.82 Å². The fourth-order valence-electron chi connectivity index (χ4n) is 2.58. The molecule has 0 aliphatic heterocycles. The number of hydrogen-bond acceptors (Lipinski definition) is 2. The van der Waals surface area contributed by atoms with E-state index in [0.717, 1.165) is 29.3 Å². The molecule has 0 radical (unpaired) electrons. The van der Waals surface area contributed by atoms with E-state index in [-0.39, 0.29) is 5.82 Å². The van der Waals surface area contributed by atoms with E-state index >= 15 is 0 Å². The van der Waals surface area contributed by atoms with E-state index in [1.54, 1.807) is 17.4 Å². The maximum absolute atomic E-state index is 13.2. The van der Waals surface area contributed by atoms with Crippen molar-refractivity contribution in [3.8, 4) is 10.4 Å². The Morgan fingerprint density at radius 3 is 2.81 bits per heavy atom. The fourth-order valence-corrected chi connectivity index (χ4v) is 4.12. The van der Waals surface area contributed by atoms with Crippen LogP contribution in [-0.4, -0.2) is 6.54 Å². The van der Waals surface area contributed by atoms with Gasteiger partial charge in [-0.05, 0) is 62.1 Å². The monoisotopic (exact) mass is 323 g/mol. The second-order valence-corrected chi connectivity index (χ2v) is 7.12. The summed E-state index contributed by atoms with van der Waals surface area (Å²) in [5.74, 6) is 0.479. The van der Waals surface area contributed by atoms with Crippen molar-refractivity contribution in [3.05, 3.63) is 46.0 Å². The summed E-state index contributed by atoms with van der Waals surface area (Å²) in [5.41, 5.74) is 0.916. The van der Waals surface area contributed by atoms with Gasteiger partial charge >= 0.3 is 0 Å². The van der Waals surface area contributed by atoms with Crippen molar-refractivity contribution >= 4 is 22.9 Å². The molecule has 0 saturated heterocycles. The van der Waals surface area contributed by atoms with E-state index < -0.39 is 0 Å². The van der Waals surface area contributed by atoms with Crippen LogP contribution in [0.15, 0.2) is 30.3 Å². The van der Waals surface area contributed by atoms with Crippen molar-refractivity contribution in [2.45, 2.75) is 32.2 Å². The second-order valence-electron chi connectivity index (χ2n) is 5.60. The van der Waals surface area contributed by atoms with Crippen molar-refractivity contribution in [3.63, 3.8) is 0 Å². The van der Waals surface area contributed by atoms with Crippen molar-refractivity contribution < 1.29 is 4.39 Å². The van der Waals surface area contributed by atoms with Crippen LogP contribution in [0.5, 0.6) is 0 Å². The maximum atomic E-state index is 13.2. The molecule has 112 valence electrons. The molecular formula is C17H19ClFNS. The summed E-state index contributed by atoms with van der Waals surface area (Å²) in [6.45, 7) is 3.24. The minimum atomic E-state index is -0.291. The van der Waals surface area contributed by atoms with Crippen LogP contribution in [0.4, 0.5) is 4.39 Å². The van der Waals surface area contributed by atoms with Crippen molar-refractivity contribution in [2.24, 2.45) is 5.92 Å². The molecule has 1 aromatic heterocycles. The van der Waals surface area contributed by atoms with Crippen LogP contribution in [0.25, 0.3) is 10.4 Å². The molecule has 1 N–H and O–H groups in total. The Balaban J connectivity index is 1.84. The zero-order valence-electron chi connectivity index (χ0n) is 12.0. The van der Waals surface area contributed by atoms with E-state index in [9.17, 15) is 4.39 Å². The molecule has 0 amide bonds. The molecule has 1 atom stereocenters. The predicted molar refractivity (Wildman–Crippen MR) is 88.5 cm³/mol. The Bertz CT molecular complexity index is 621. The Labute approximate surface area is 134 Å². The maximum Gasteiger partial charge on any atom is 0.124 e. The summed E-state index contributed by atoms with van der Waals surface area (Å²) in [6, 6.07) is 9.35. The molecule has 4 heteroatoms. The number of benzene rings is 1. The van der Waals surface area contributed by atoms with E-state index in [1.807, 2.05) is 0 Å². The highest BCUT2D eigenvalue weighted by Crippen LogP contribution is 2.44. The van der Waals surface area contributed by atoms with Crippen molar-refractivity contribution in [1.29, 1.82) is 0 Å². The average Bonchev–Trinajstić information content (AvgIpc) is 3.18. The van der Waals surface area contributed by atoms with Gasteiger partial charge in [-0.2, -0.15) is 0 Å². The molecule has 1 heterocycles. The van der Waals surface area contributed by atoms with Gasteiger partial charge < -0.3 is 5.32 Å². The Hall–Kier alpha value is -0.900. The zero-order chi connectivity index (χ0) is 14.8. The van der Waals surface area contributed by atoms with Crippen LogP contribution in [0, 0.1) is 11.7 Å². The highest BCUT2D eigenvalue weighted by Gasteiger charge is 2.32. The van der Waals surface area contributed by atoms with Gasteiger partial charge in [0.15, 0.2) is 0 Å². The van der Waals surface area contributed by atoms with E-state index in [4.69, 9.17) is 11.6 Å². The molecule has 3 rings (SSSR count). The average molecular weight is 324 g/mol. The van der Waals surface area contributed by atoms with Gasteiger partial charge in [0.2, 0.25) is 0 Å². The van der Waals surface area contributed by atoms with E-state index in [0.29, 0.717) is 11.1 Å². The quantitative estimate of drug-likeness (QED) is 0.723. The molecule has 1 nitrogen and oxygen atoms in total. The first-order valence-corrected chi connectivity index (χ1v) is 8.67. The SMILES string of the molecule is CCCNC(c1ccc(-c2ccc(F)cc2Cl)s1)C1CC1. The second kappa shape index (κ2) is 6.47. The minimum Gasteiger partial charge on any atom is -0.309 e. The van der Waals surface area contributed by atoms with Gasteiger partial charge in [-0.15, -0.1) is 11.3 Å². The smallest absolute Gasteiger partial charge is 0.124 e. The Morgan fingerprint density at radius 1 is 1.33 bits per heavy atom. The van der Waals surface area contributed by atoms with Crippen molar-refractivity contribution in [1.82, 2.24) is 5.32 Å². The lowest BCUT2D eigenvalue weighted by Crippen LogP contribution is -2.22. The first-order valence-electron chi connectivity index (χ1n) is 7.47. The molecule has 0 spiro atoms. The summed E-state index contributed by atoms with van der Waals surface area (Å²) in [4.78, 5) is 2.47. The van der Waals surface area contributed by atoms with Crippen LogP contribution < -0.4 is 5.32 Å². The third kappa shape index (κ3) is 3.47. The van der Waals surface area contributed by atoms with E-state index in [1.165, 1.54) is 29.9 Å². The van der Waals surface area contributed by atoms with Gasteiger partial charge in [-0.1, -0.05) is 18.5 Å². The van der Waals surface area contributed by atoms with Crippen LogP contribution in [0.1, 0.15) is 37.1 Å². The molecule has 0 bridgehead atoms. The number of rotatable bonds is 6. The summed E-state index contributed by atoms with van der Waals surface area (Å²) in [7, 11) is 0. The molecule has 1 aliphatic rings. The molecule has 1 fully saturated rings. The lowest BCUT2D eigenvalue weighted by atomic mass is 10.1. The van der Waals surface area contributed by atoms with E-state index in [2.05, 4.69) is 24.4 Å². The summed E-state index contributed by atoms with van der Waals surface area (Å²) >= 11 is 7.93. The summed E-state index contributed by atoms with van der Waals surface area (Å²) in [6.07, 6.45) is 3.77. The molecule has 1 unspecified atom stereocenters. The number of nitrogens with one attached hydrogen (secondary N) is 1. The van der Waals surface area contributed by atoms with Crippen LogP contribution in [-0.2, 0) is 0 Å². The summed E-state index contributed by atoms with van der Waals surface area (Å²) in [5, 5.41) is 4.13. The minimum absolute atomic E-state index is 0.291. The van der Waals surface area contributed by atoms with Gasteiger partial charge in [-0.3, -0.25) is 0 Å². The first-order chi connectivity index (χ1) is 10.2. The van der Waals surface area contributed by atoms with Gasteiger partial charge in [-0.25, -0.2) is 4.39 Å². The lowest BCUT2D eigenvalue weighted by molar-refractivity contribution is 0.488. The molecule has 1 saturated carbocycles. The van der Waals surface area contributed by atoms with Gasteiger partial charge in [0.05, 0.1) is 5.02 Å². The standard InChI is InChI=1S/C17H19ClFNS/c1-2-9-20-17(11-3-4-11)16-8-7-15(21-16)13-6-5-12(19)10-14(13)18/h5-8,10-11,17,20H,2-4,9H2,1H3. The highest BCUT2D eigenvalue weighted by atomic mass is 35.5. The highest BCUT2D eigenvalue weighted by molar-refractivity contribution is 7.15. The lowest BCUT2D eigenvalue weighted by Gasteiger charge is -2.16. The molecule has 21 heavy (non-hydrogen) atoms. The largest absolute Gasteiger partial charge is 0.309 e.